The van der Waals surface area contributed by atoms with E-state index in [1.54, 1.807) is 0 Å². The van der Waals surface area contributed by atoms with Gasteiger partial charge in [0.05, 0.1) is 0 Å². The van der Waals surface area contributed by atoms with Crippen LogP contribution in [0.2, 0.25) is 0 Å². The summed E-state index contributed by atoms with van der Waals surface area (Å²) in [5.41, 5.74) is 8.39. The predicted octanol–water partition coefficient (Wildman–Crippen LogP) is 2.74. The molecule has 112 valence electrons. The molecule has 4 heteroatoms. The van der Waals surface area contributed by atoms with Crippen LogP contribution in [0.1, 0.15) is 20.8 Å². The van der Waals surface area contributed by atoms with Gasteiger partial charge in [0, 0.05) is 66.3 Å². The van der Waals surface area contributed by atoms with Crippen LogP contribution >= 0.6 is 0 Å². The van der Waals surface area contributed by atoms with Crippen molar-refractivity contribution in [1.29, 1.82) is 0 Å². The molecule has 0 spiro atoms. The molecule has 1 aromatic carbocycles. The summed E-state index contributed by atoms with van der Waals surface area (Å²) in [6.45, 7) is 11.2. The number of anilines is 2. The van der Waals surface area contributed by atoms with Crippen molar-refractivity contribution in [1.82, 2.24) is 9.88 Å². The highest BCUT2D eigenvalue weighted by atomic mass is 15.3. The Balaban J connectivity index is 1.88. The second kappa shape index (κ2) is 5.19. The molecule has 2 aromatic rings. The average molecular weight is 284 g/mol. The Labute approximate surface area is 126 Å². The number of nitrogens with zero attached hydrogens (tertiary/aromatic N) is 3. The van der Waals surface area contributed by atoms with Gasteiger partial charge < -0.3 is 10.6 Å². The van der Waals surface area contributed by atoms with Crippen LogP contribution in [0, 0.1) is 0 Å². The quantitative estimate of drug-likeness (QED) is 0.818. The van der Waals surface area contributed by atoms with E-state index in [1.165, 1.54) is 11.1 Å². The van der Waals surface area contributed by atoms with E-state index < -0.39 is 0 Å². The number of nitrogens with two attached hydrogens (primary N) is 1. The number of benzene rings is 1. The molecule has 1 aliphatic heterocycles. The third-order valence-corrected chi connectivity index (χ3v) is 4.40. The van der Waals surface area contributed by atoms with E-state index in [1.807, 2.05) is 18.5 Å². The van der Waals surface area contributed by atoms with Crippen molar-refractivity contribution in [2.24, 2.45) is 0 Å². The third-order valence-electron chi connectivity index (χ3n) is 4.40. The molecule has 21 heavy (non-hydrogen) atoms. The van der Waals surface area contributed by atoms with E-state index in [0.29, 0.717) is 0 Å². The molecular formula is C17H24N4. The number of hydrogen-bond donors (Lipinski definition) is 1. The molecule has 3 rings (SSSR count). The van der Waals surface area contributed by atoms with E-state index in [-0.39, 0.29) is 5.54 Å². The Kier molecular flexibility index (Phi) is 3.49. The van der Waals surface area contributed by atoms with Gasteiger partial charge in [0.1, 0.15) is 0 Å². The summed E-state index contributed by atoms with van der Waals surface area (Å²) in [5.74, 6) is 0. The van der Waals surface area contributed by atoms with Gasteiger partial charge in [-0.3, -0.25) is 9.88 Å². The first-order valence-corrected chi connectivity index (χ1v) is 7.59. The fourth-order valence-corrected chi connectivity index (χ4v) is 3.09. The van der Waals surface area contributed by atoms with Crippen LogP contribution in [0.15, 0.2) is 30.6 Å². The summed E-state index contributed by atoms with van der Waals surface area (Å²) in [5, 5.41) is 2.25. The molecule has 2 N–H and O–H groups in total. The lowest BCUT2D eigenvalue weighted by atomic mass is 10.0. The van der Waals surface area contributed by atoms with Gasteiger partial charge in [-0.25, -0.2) is 0 Å². The number of aromatic nitrogens is 1. The number of piperazine rings is 1. The van der Waals surface area contributed by atoms with Gasteiger partial charge in [0.15, 0.2) is 0 Å². The molecule has 0 bridgehead atoms. The van der Waals surface area contributed by atoms with Crippen LogP contribution in [0.5, 0.6) is 0 Å². The Morgan fingerprint density at radius 1 is 1.00 bits per heavy atom. The molecule has 1 saturated heterocycles. The smallest absolute Gasteiger partial charge is 0.0449 e. The molecule has 0 radical (unpaired) electrons. The largest absolute Gasteiger partial charge is 0.398 e. The summed E-state index contributed by atoms with van der Waals surface area (Å²) in [7, 11) is 0. The maximum atomic E-state index is 6.07. The highest BCUT2D eigenvalue weighted by Gasteiger charge is 2.26. The van der Waals surface area contributed by atoms with Gasteiger partial charge >= 0.3 is 0 Å². The highest BCUT2D eigenvalue weighted by Crippen LogP contribution is 2.31. The van der Waals surface area contributed by atoms with E-state index >= 15 is 0 Å². The van der Waals surface area contributed by atoms with Gasteiger partial charge in [-0.15, -0.1) is 0 Å². The molecule has 2 heterocycles. The second-order valence-corrected chi connectivity index (χ2v) is 6.74. The van der Waals surface area contributed by atoms with Gasteiger partial charge in [0.25, 0.3) is 0 Å². The van der Waals surface area contributed by atoms with Crippen LogP contribution in [0.4, 0.5) is 11.4 Å². The average Bonchev–Trinajstić information content (AvgIpc) is 2.47. The van der Waals surface area contributed by atoms with Gasteiger partial charge in [-0.1, -0.05) is 0 Å². The topological polar surface area (TPSA) is 45.4 Å². The van der Waals surface area contributed by atoms with Gasteiger partial charge in [-0.2, -0.15) is 0 Å². The number of pyridine rings is 1. The predicted molar refractivity (Wildman–Crippen MR) is 89.7 cm³/mol. The van der Waals surface area contributed by atoms with Crippen LogP contribution in [-0.2, 0) is 0 Å². The van der Waals surface area contributed by atoms with E-state index in [0.717, 1.165) is 37.3 Å². The first-order valence-electron chi connectivity index (χ1n) is 7.59. The summed E-state index contributed by atoms with van der Waals surface area (Å²) >= 11 is 0. The lowest BCUT2D eigenvalue weighted by Crippen LogP contribution is -2.53. The molecule has 0 unspecified atom stereocenters. The zero-order chi connectivity index (χ0) is 15.0. The first kappa shape index (κ1) is 14.1. The van der Waals surface area contributed by atoms with Crippen LogP contribution in [-0.4, -0.2) is 41.6 Å². The zero-order valence-electron chi connectivity index (χ0n) is 13.1. The monoisotopic (exact) mass is 284 g/mol. The fourth-order valence-electron chi connectivity index (χ4n) is 3.09. The Morgan fingerprint density at radius 3 is 2.38 bits per heavy atom. The molecular weight excluding hydrogens is 260 g/mol. The molecule has 0 amide bonds. The molecule has 0 aliphatic carbocycles. The van der Waals surface area contributed by atoms with E-state index in [2.05, 4.69) is 47.7 Å². The third kappa shape index (κ3) is 2.68. The summed E-state index contributed by atoms with van der Waals surface area (Å²) in [6.07, 6.45) is 3.70. The SMILES string of the molecule is CC(C)(C)N1CCN(c2ccc(N)c3cnccc23)CC1. The van der Waals surface area contributed by atoms with Crippen molar-refractivity contribution in [3.8, 4) is 0 Å². The lowest BCUT2D eigenvalue weighted by molar-refractivity contribution is 0.128. The van der Waals surface area contributed by atoms with E-state index in [4.69, 9.17) is 5.73 Å². The minimum atomic E-state index is 0.249. The van der Waals surface area contributed by atoms with Gasteiger partial charge in [-0.05, 0) is 39.0 Å². The summed E-state index contributed by atoms with van der Waals surface area (Å²) in [4.78, 5) is 9.21. The van der Waals surface area contributed by atoms with Gasteiger partial charge in [0.2, 0.25) is 0 Å². The number of fused-ring (bicyclic) bond motifs is 1. The fraction of sp³-hybridized carbons (Fsp3) is 0.471. The number of hydrogen-bond acceptors (Lipinski definition) is 4. The summed E-state index contributed by atoms with van der Waals surface area (Å²) < 4.78 is 0. The minimum Gasteiger partial charge on any atom is -0.398 e. The van der Waals surface area contributed by atoms with Crippen molar-refractivity contribution in [3.05, 3.63) is 30.6 Å². The van der Waals surface area contributed by atoms with Crippen molar-refractivity contribution in [2.45, 2.75) is 26.3 Å². The maximum Gasteiger partial charge on any atom is 0.0449 e. The van der Waals surface area contributed by atoms with Crippen molar-refractivity contribution >= 4 is 22.1 Å². The standard InChI is InChI=1S/C17H24N4/c1-17(2,3)21-10-8-20(9-11-21)16-5-4-15(18)14-12-19-7-6-13(14)16/h4-7,12H,8-11,18H2,1-3H3. The minimum absolute atomic E-state index is 0.249. The Morgan fingerprint density at radius 2 is 1.71 bits per heavy atom. The zero-order valence-corrected chi connectivity index (χ0v) is 13.1. The molecule has 4 nitrogen and oxygen atoms in total. The van der Waals surface area contributed by atoms with Crippen LogP contribution in [0.3, 0.4) is 0 Å². The second-order valence-electron chi connectivity index (χ2n) is 6.74. The Bertz CT molecular complexity index is 637. The Hall–Kier alpha value is -1.81. The van der Waals surface area contributed by atoms with Crippen LogP contribution < -0.4 is 10.6 Å². The van der Waals surface area contributed by atoms with Crippen molar-refractivity contribution in [3.63, 3.8) is 0 Å². The molecule has 1 aromatic heterocycles. The molecule has 1 aliphatic rings. The highest BCUT2D eigenvalue weighted by molar-refractivity contribution is 6.00. The molecule has 1 fully saturated rings. The number of nitrogen functional groups attached to an aromatic ring is 1. The first-order chi connectivity index (χ1) is 9.97. The lowest BCUT2D eigenvalue weighted by Gasteiger charge is -2.43. The van der Waals surface area contributed by atoms with Crippen LogP contribution in [0.25, 0.3) is 10.8 Å². The number of rotatable bonds is 1. The summed E-state index contributed by atoms with van der Waals surface area (Å²) in [6, 6.07) is 6.21. The molecule has 0 atom stereocenters. The molecule has 0 saturated carbocycles. The van der Waals surface area contributed by atoms with Crippen molar-refractivity contribution < 1.29 is 0 Å². The maximum absolute atomic E-state index is 6.07. The van der Waals surface area contributed by atoms with Crippen molar-refractivity contribution in [2.75, 3.05) is 36.8 Å². The van der Waals surface area contributed by atoms with E-state index in [9.17, 15) is 0 Å². The normalized spacial score (nSPS) is 17.4.